The van der Waals surface area contributed by atoms with Crippen LogP contribution < -0.4 is 11.1 Å². The predicted octanol–water partition coefficient (Wildman–Crippen LogP) is 2.34. The molecule has 1 atom stereocenters. The van der Waals surface area contributed by atoms with Crippen LogP contribution in [0.25, 0.3) is 0 Å². The zero-order valence-corrected chi connectivity index (χ0v) is 11.6. The van der Waals surface area contributed by atoms with Gasteiger partial charge in [-0.25, -0.2) is 0 Å². The topological polar surface area (TPSA) is 98.3 Å². The van der Waals surface area contributed by atoms with Crippen LogP contribution in [0.3, 0.4) is 0 Å². The van der Waals surface area contributed by atoms with Crippen LogP contribution in [0.15, 0.2) is 18.2 Å². The Morgan fingerprint density at radius 1 is 1.42 bits per heavy atom. The van der Waals surface area contributed by atoms with Gasteiger partial charge in [0.15, 0.2) is 0 Å². The van der Waals surface area contributed by atoms with Crippen LogP contribution in [0.1, 0.15) is 38.1 Å². The molecule has 0 aliphatic heterocycles. The predicted molar refractivity (Wildman–Crippen MR) is 73.9 cm³/mol. The first-order chi connectivity index (χ1) is 8.62. The molecule has 1 unspecified atom stereocenters. The van der Waals surface area contributed by atoms with Gasteiger partial charge in [0, 0.05) is 17.8 Å². The van der Waals surface area contributed by atoms with Gasteiger partial charge in [0.05, 0.1) is 4.92 Å². The van der Waals surface area contributed by atoms with Gasteiger partial charge in [0.25, 0.3) is 11.6 Å². The lowest BCUT2D eigenvalue weighted by molar-refractivity contribution is -0.385. The molecule has 0 aromatic heterocycles. The number of carbonyl (C=O) groups excluding carboxylic acids is 1. The molecule has 0 heterocycles. The number of nitro benzene ring substituents is 1. The summed E-state index contributed by atoms with van der Waals surface area (Å²) < 4.78 is 0. The molecule has 0 aliphatic rings. The summed E-state index contributed by atoms with van der Waals surface area (Å²) in [5.74, 6) is -0.485. The fourth-order valence-corrected chi connectivity index (χ4v) is 1.39. The molecule has 1 rings (SSSR count). The van der Waals surface area contributed by atoms with Crippen LogP contribution >= 0.6 is 0 Å². The Kier molecular flexibility index (Phi) is 4.14. The van der Waals surface area contributed by atoms with Crippen LogP contribution in [0.4, 0.5) is 11.4 Å². The van der Waals surface area contributed by atoms with Gasteiger partial charge in [0.1, 0.15) is 5.56 Å². The van der Waals surface area contributed by atoms with E-state index < -0.39 is 10.8 Å². The highest BCUT2D eigenvalue weighted by Gasteiger charge is 2.26. The summed E-state index contributed by atoms with van der Waals surface area (Å²) >= 11 is 0. The first kappa shape index (κ1) is 14.9. The van der Waals surface area contributed by atoms with E-state index in [1.54, 1.807) is 0 Å². The number of nitrogens with two attached hydrogens (primary N) is 1. The highest BCUT2D eigenvalue weighted by Crippen LogP contribution is 2.23. The van der Waals surface area contributed by atoms with Crippen molar-refractivity contribution < 1.29 is 9.72 Å². The molecule has 104 valence electrons. The number of benzene rings is 1. The molecule has 6 heteroatoms. The largest absolute Gasteiger partial charge is 0.399 e. The Bertz CT molecular complexity index is 506. The van der Waals surface area contributed by atoms with Gasteiger partial charge in [-0.05, 0) is 24.5 Å². The van der Waals surface area contributed by atoms with Crippen LogP contribution in [0, 0.1) is 15.5 Å². The fraction of sp³-hybridized carbons (Fsp3) is 0.462. The van der Waals surface area contributed by atoms with Gasteiger partial charge < -0.3 is 11.1 Å². The highest BCUT2D eigenvalue weighted by molar-refractivity contribution is 5.99. The Morgan fingerprint density at radius 3 is 2.47 bits per heavy atom. The van der Waals surface area contributed by atoms with Gasteiger partial charge in [-0.15, -0.1) is 0 Å². The molecule has 0 fully saturated rings. The molecule has 0 spiro atoms. The first-order valence-electron chi connectivity index (χ1n) is 5.97. The summed E-state index contributed by atoms with van der Waals surface area (Å²) in [6, 6.07) is 3.85. The van der Waals surface area contributed by atoms with E-state index in [2.05, 4.69) is 5.32 Å². The highest BCUT2D eigenvalue weighted by atomic mass is 16.6. The van der Waals surface area contributed by atoms with Gasteiger partial charge in [-0.2, -0.15) is 0 Å². The molecule has 1 aromatic carbocycles. The lowest BCUT2D eigenvalue weighted by atomic mass is 9.88. The van der Waals surface area contributed by atoms with E-state index in [0.29, 0.717) is 5.69 Å². The number of amides is 1. The zero-order chi connectivity index (χ0) is 14.8. The Morgan fingerprint density at radius 2 is 2.00 bits per heavy atom. The fourth-order valence-electron chi connectivity index (χ4n) is 1.39. The summed E-state index contributed by atoms with van der Waals surface area (Å²) in [5.41, 5.74) is 5.51. The molecule has 1 amide bonds. The van der Waals surface area contributed by atoms with Gasteiger partial charge in [-0.3, -0.25) is 14.9 Å². The third-order valence-corrected chi connectivity index (χ3v) is 3.11. The minimum atomic E-state index is -0.587. The molecule has 0 saturated heterocycles. The molecule has 0 aliphatic carbocycles. The van der Waals surface area contributed by atoms with Gasteiger partial charge in [-0.1, -0.05) is 20.8 Å². The number of hydrogen-bond donors (Lipinski definition) is 2. The smallest absolute Gasteiger partial charge is 0.282 e. The molecule has 3 N–H and O–H groups in total. The third kappa shape index (κ3) is 3.67. The van der Waals surface area contributed by atoms with Crippen molar-refractivity contribution in [2.24, 2.45) is 5.41 Å². The number of nitrogens with one attached hydrogen (secondary N) is 1. The molecule has 0 bridgehead atoms. The van der Waals surface area contributed by atoms with Gasteiger partial charge >= 0.3 is 0 Å². The Hall–Kier alpha value is -2.11. The third-order valence-electron chi connectivity index (χ3n) is 3.11. The number of rotatable bonds is 3. The van der Waals surface area contributed by atoms with Crippen molar-refractivity contribution in [3.05, 3.63) is 33.9 Å². The van der Waals surface area contributed by atoms with E-state index in [9.17, 15) is 14.9 Å². The van der Waals surface area contributed by atoms with Crippen molar-refractivity contribution in [2.45, 2.75) is 33.7 Å². The number of anilines is 1. The number of nitrogens with zero attached hydrogens (tertiary/aromatic N) is 1. The van der Waals surface area contributed by atoms with Crippen molar-refractivity contribution in [3.63, 3.8) is 0 Å². The molecule has 0 radical (unpaired) electrons. The molecular formula is C13H19N3O3. The van der Waals surface area contributed by atoms with E-state index in [0.717, 1.165) is 0 Å². The standard InChI is InChI=1S/C13H19N3O3/c1-8(13(2,3)4)15-12(17)10-7-9(14)5-6-11(10)16(18)19/h5-8H,14H2,1-4H3,(H,15,17). The normalized spacial score (nSPS) is 12.8. The Labute approximate surface area is 112 Å². The zero-order valence-electron chi connectivity index (χ0n) is 11.6. The second-order valence-electron chi connectivity index (χ2n) is 5.59. The molecule has 6 nitrogen and oxygen atoms in total. The van der Waals surface area contributed by atoms with Crippen molar-refractivity contribution in [2.75, 3.05) is 5.73 Å². The summed E-state index contributed by atoms with van der Waals surface area (Å²) in [4.78, 5) is 22.4. The second-order valence-corrected chi connectivity index (χ2v) is 5.59. The minimum absolute atomic E-state index is 0.0129. The number of carbonyl (C=O) groups is 1. The quantitative estimate of drug-likeness (QED) is 0.498. The average Bonchev–Trinajstić information content (AvgIpc) is 2.26. The van der Waals surface area contributed by atoms with Gasteiger partial charge in [0.2, 0.25) is 0 Å². The van der Waals surface area contributed by atoms with E-state index in [-0.39, 0.29) is 22.7 Å². The monoisotopic (exact) mass is 265 g/mol. The molecule has 1 aromatic rings. The van der Waals surface area contributed by atoms with Crippen molar-refractivity contribution in [1.82, 2.24) is 5.32 Å². The second kappa shape index (κ2) is 5.26. The SMILES string of the molecule is CC(NC(=O)c1cc(N)ccc1[N+](=O)[O-])C(C)(C)C. The van der Waals surface area contributed by atoms with Crippen molar-refractivity contribution in [3.8, 4) is 0 Å². The maximum Gasteiger partial charge on any atom is 0.282 e. The number of nitrogen functional groups attached to an aromatic ring is 1. The summed E-state index contributed by atoms with van der Waals surface area (Å²) in [5, 5.41) is 13.7. The summed E-state index contributed by atoms with van der Waals surface area (Å²) in [6.45, 7) is 7.79. The van der Waals surface area contributed by atoms with E-state index in [1.807, 2.05) is 27.7 Å². The summed E-state index contributed by atoms with van der Waals surface area (Å²) in [7, 11) is 0. The van der Waals surface area contributed by atoms with Crippen LogP contribution in [-0.2, 0) is 0 Å². The maximum atomic E-state index is 12.1. The van der Waals surface area contributed by atoms with E-state index >= 15 is 0 Å². The average molecular weight is 265 g/mol. The number of hydrogen-bond acceptors (Lipinski definition) is 4. The van der Waals surface area contributed by atoms with Crippen molar-refractivity contribution >= 4 is 17.3 Å². The van der Waals surface area contributed by atoms with E-state index in [4.69, 9.17) is 5.73 Å². The lowest BCUT2D eigenvalue weighted by Gasteiger charge is -2.28. The van der Waals surface area contributed by atoms with Crippen molar-refractivity contribution in [1.29, 1.82) is 0 Å². The minimum Gasteiger partial charge on any atom is -0.399 e. The number of nitro groups is 1. The van der Waals surface area contributed by atoms with Crippen LogP contribution in [0.5, 0.6) is 0 Å². The summed E-state index contributed by atoms with van der Waals surface area (Å²) in [6.07, 6.45) is 0. The maximum absolute atomic E-state index is 12.1. The van der Waals surface area contributed by atoms with Crippen LogP contribution in [0.2, 0.25) is 0 Å². The van der Waals surface area contributed by atoms with E-state index in [1.165, 1.54) is 18.2 Å². The Balaban J connectivity index is 3.06. The lowest BCUT2D eigenvalue weighted by Crippen LogP contribution is -2.41. The first-order valence-corrected chi connectivity index (χ1v) is 5.97. The molecule has 19 heavy (non-hydrogen) atoms. The molecular weight excluding hydrogens is 246 g/mol. The molecule has 0 saturated carbocycles. The van der Waals surface area contributed by atoms with Crippen LogP contribution in [-0.4, -0.2) is 16.9 Å².